The third kappa shape index (κ3) is 1.18. The summed E-state index contributed by atoms with van der Waals surface area (Å²) in [5.41, 5.74) is -3.25. The molecule has 6 heteroatoms. The molecule has 0 saturated heterocycles. The second kappa shape index (κ2) is 4.00. The average Bonchev–Trinajstić information content (AvgIpc) is 3.22. The summed E-state index contributed by atoms with van der Waals surface area (Å²) in [4.78, 5) is 24.4. The van der Waals surface area contributed by atoms with Gasteiger partial charge in [-0.25, -0.2) is 9.59 Å². The third-order valence-corrected chi connectivity index (χ3v) is 6.21. The normalized spacial score (nSPS) is 52.9. The van der Waals surface area contributed by atoms with E-state index in [1.165, 1.54) is 14.2 Å². The van der Waals surface area contributed by atoms with Crippen molar-refractivity contribution in [2.24, 2.45) is 35.5 Å². The van der Waals surface area contributed by atoms with Gasteiger partial charge < -0.3 is 19.7 Å². The molecule has 0 spiro atoms. The molecule has 4 aliphatic carbocycles. The van der Waals surface area contributed by atoms with Gasteiger partial charge in [0.2, 0.25) is 0 Å². The fourth-order valence-electron chi connectivity index (χ4n) is 5.47. The van der Waals surface area contributed by atoms with Crippen LogP contribution in [0, 0.1) is 35.5 Å². The second-order valence-electron chi connectivity index (χ2n) is 6.66. The molecule has 118 valence electrons. The van der Waals surface area contributed by atoms with Crippen molar-refractivity contribution in [3.63, 3.8) is 0 Å². The van der Waals surface area contributed by atoms with E-state index in [1.54, 1.807) is 24.3 Å². The number of methoxy groups -OCH3 is 2. The highest BCUT2D eigenvalue weighted by Crippen LogP contribution is 2.69. The first kappa shape index (κ1) is 14.0. The summed E-state index contributed by atoms with van der Waals surface area (Å²) in [7, 11) is 2.51. The van der Waals surface area contributed by atoms with E-state index in [2.05, 4.69) is 0 Å². The Hall–Kier alpha value is -1.66. The smallest absolute Gasteiger partial charge is 0.339 e. The van der Waals surface area contributed by atoms with Gasteiger partial charge >= 0.3 is 11.9 Å². The Bertz CT molecular complexity index is 538. The van der Waals surface area contributed by atoms with Crippen LogP contribution in [-0.2, 0) is 19.1 Å². The van der Waals surface area contributed by atoms with Crippen LogP contribution in [0.5, 0.6) is 0 Å². The van der Waals surface area contributed by atoms with Gasteiger partial charge in [0.15, 0.2) is 11.2 Å². The Morgan fingerprint density at radius 1 is 0.773 bits per heavy atom. The number of rotatable bonds is 2. The molecular formula is C16H18O6. The van der Waals surface area contributed by atoms with Gasteiger partial charge in [-0.05, 0) is 11.8 Å². The summed E-state index contributed by atoms with van der Waals surface area (Å²) < 4.78 is 9.63. The zero-order chi connectivity index (χ0) is 15.9. The van der Waals surface area contributed by atoms with Gasteiger partial charge in [-0.3, -0.25) is 0 Å². The van der Waals surface area contributed by atoms with E-state index in [9.17, 15) is 19.8 Å². The first-order chi connectivity index (χ1) is 10.4. The molecule has 4 aliphatic rings. The fourth-order valence-corrected chi connectivity index (χ4v) is 5.47. The molecule has 0 aliphatic heterocycles. The fraction of sp³-hybridized carbons (Fsp3) is 0.625. The van der Waals surface area contributed by atoms with Crippen molar-refractivity contribution in [1.82, 2.24) is 0 Å². The molecular weight excluding hydrogens is 288 g/mol. The molecule has 2 saturated carbocycles. The number of ether oxygens (including phenoxy) is 2. The van der Waals surface area contributed by atoms with Crippen LogP contribution in [0.4, 0.5) is 0 Å². The maximum atomic E-state index is 12.2. The maximum Gasteiger partial charge on any atom is 0.339 e. The highest BCUT2D eigenvalue weighted by atomic mass is 16.5. The lowest BCUT2D eigenvalue weighted by Gasteiger charge is -2.33. The molecule has 2 fully saturated rings. The summed E-state index contributed by atoms with van der Waals surface area (Å²) in [5.74, 6) is -3.46. The zero-order valence-corrected chi connectivity index (χ0v) is 12.3. The first-order valence-electron chi connectivity index (χ1n) is 7.40. The van der Waals surface area contributed by atoms with Crippen molar-refractivity contribution in [2.75, 3.05) is 14.2 Å². The molecule has 0 aromatic rings. The van der Waals surface area contributed by atoms with Crippen LogP contribution in [0.15, 0.2) is 24.3 Å². The molecule has 0 radical (unpaired) electrons. The average molecular weight is 306 g/mol. The number of carbonyl (C=O) groups excluding carboxylic acids is 2. The van der Waals surface area contributed by atoms with Crippen molar-refractivity contribution < 1.29 is 29.3 Å². The van der Waals surface area contributed by atoms with Gasteiger partial charge in [0.1, 0.15) is 0 Å². The number of hydrogen-bond donors (Lipinski definition) is 2. The Morgan fingerprint density at radius 2 is 1.05 bits per heavy atom. The Balaban J connectivity index is 1.84. The zero-order valence-electron chi connectivity index (χ0n) is 12.3. The third-order valence-electron chi connectivity index (χ3n) is 6.21. The van der Waals surface area contributed by atoms with Crippen LogP contribution in [0.3, 0.4) is 0 Å². The number of aliphatic hydroxyl groups is 2. The van der Waals surface area contributed by atoms with Crippen LogP contribution in [0.2, 0.25) is 0 Å². The van der Waals surface area contributed by atoms with Gasteiger partial charge in [-0.1, -0.05) is 24.3 Å². The summed E-state index contributed by atoms with van der Waals surface area (Å²) >= 11 is 0. The van der Waals surface area contributed by atoms with Crippen LogP contribution in [-0.4, -0.2) is 47.6 Å². The summed E-state index contributed by atoms with van der Waals surface area (Å²) in [6.07, 6.45) is 6.95. The van der Waals surface area contributed by atoms with Gasteiger partial charge in [0.05, 0.1) is 14.2 Å². The van der Waals surface area contributed by atoms with Crippen molar-refractivity contribution >= 4 is 11.9 Å². The molecule has 0 aromatic carbocycles. The lowest BCUT2D eigenvalue weighted by atomic mass is 9.78. The minimum atomic E-state index is -1.63. The van der Waals surface area contributed by atoms with E-state index < -0.39 is 46.8 Å². The molecule has 4 rings (SSSR count). The first-order valence-corrected chi connectivity index (χ1v) is 7.40. The molecule has 0 bridgehead atoms. The topological polar surface area (TPSA) is 93.1 Å². The number of carbonyl (C=O) groups is 2. The van der Waals surface area contributed by atoms with Crippen LogP contribution in [0.25, 0.3) is 0 Å². The number of hydrogen-bond acceptors (Lipinski definition) is 6. The highest BCUT2D eigenvalue weighted by molar-refractivity contribution is 5.85. The molecule has 8 atom stereocenters. The second-order valence-corrected chi connectivity index (χ2v) is 6.66. The molecule has 4 unspecified atom stereocenters. The summed E-state index contributed by atoms with van der Waals surface area (Å²) in [5, 5.41) is 22.1. The minimum Gasteiger partial charge on any atom is -0.467 e. The molecule has 0 amide bonds. The maximum absolute atomic E-state index is 12.2. The van der Waals surface area contributed by atoms with Gasteiger partial charge in [-0.2, -0.15) is 0 Å². The van der Waals surface area contributed by atoms with Crippen molar-refractivity contribution in [1.29, 1.82) is 0 Å². The van der Waals surface area contributed by atoms with Crippen molar-refractivity contribution in [3.8, 4) is 0 Å². The van der Waals surface area contributed by atoms with Gasteiger partial charge in [-0.15, -0.1) is 0 Å². The predicted octanol–water partition coefficient (Wildman–Crippen LogP) is -0.341. The molecule has 22 heavy (non-hydrogen) atoms. The van der Waals surface area contributed by atoms with Crippen LogP contribution < -0.4 is 0 Å². The van der Waals surface area contributed by atoms with E-state index in [4.69, 9.17) is 9.47 Å². The van der Waals surface area contributed by atoms with Gasteiger partial charge in [0.25, 0.3) is 0 Å². The van der Waals surface area contributed by atoms with E-state index in [1.807, 2.05) is 0 Å². The lowest BCUT2D eigenvalue weighted by molar-refractivity contribution is -0.174. The molecule has 0 aromatic heterocycles. The van der Waals surface area contributed by atoms with E-state index in [0.717, 1.165) is 0 Å². The van der Waals surface area contributed by atoms with E-state index in [-0.39, 0.29) is 11.8 Å². The molecule has 2 N–H and O–H groups in total. The SMILES string of the molecule is COC(=O)C1(O)[C@@H]2C=C[C@@H]3C2C2[C@H]1C=C[C@@H]2C3(O)C(=O)OC. The quantitative estimate of drug-likeness (QED) is 0.535. The van der Waals surface area contributed by atoms with E-state index >= 15 is 0 Å². The van der Waals surface area contributed by atoms with Crippen LogP contribution in [0.1, 0.15) is 0 Å². The minimum absolute atomic E-state index is 0.168. The molecule has 6 nitrogen and oxygen atoms in total. The predicted molar refractivity (Wildman–Crippen MR) is 73.2 cm³/mol. The monoisotopic (exact) mass is 306 g/mol. The van der Waals surface area contributed by atoms with Crippen LogP contribution >= 0.6 is 0 Å². The van der Waals surface area contributed by atoms with E-state index in [0.29, 0.717) is 0 Å². The van der Waals surface area contributed by atoms with Crippen molar-refractivity contribution in [2.45, 2.75) is 11.2 Å². The Labute approximate surface area is 127 Å². The Kier molecular flexibility index (Phi) is 2.54. The molecule has 0 heterocycles. The summed E-state index contributed by atoms with van der Waals surface area (Å²) in [6, 6.07) is 0. The Morgan fingerprint density at radius 3 is 1.27 bits per heavy atom. The van der Waals surface area contributed by atoms with Gasteiger partial charge in [0, 0.05) is 23.7 Å². The van der Waals surface area contributed by atoms with Crippen molar-refractivity contribution in [3.05, 3.63) is 24.3 Å². The number of esters is 2. The highest BCUT2D eigenvalue weighted by Gasteiger charge is 2.77. The standard InChI is InChI=1S/C16H18O6/c1-21-13(17)15(19)7-3-5-9-11(7)12-8(15)4-6-10(12)16(9,20)14(18)22-2/h3-12,19-20H,1-2H3/t7-,8-,9-,10+,11?,12?,15?,16?/m1/s1. The largest absolute Gasteiger partial charge is 0.467 e. The lowest BCUT2D eigenvalue weighted by Crippen LogP contribution is -2.52. The summed E-state index contributed by atoms with van der Waals surface area (Å²) in [6.45, 7) is 0.